The minimum atomic E-state index is -0.119. The summed E-state index contributed by atoms with van der Waals surface area (Å²) in [6, 6.07) is 10.3. The second kappa shape index (κ2) is 9.42. The number of guanidine groups is 1. The molecule has 1 fully saturated rings. The second-order valence-corrected chi connectivity index (χ2v) is 6.89. The lowest BCUT2D eigenvalue weighted by atomic mass is 10.1. The summed E-state index contributed by atoms with van der Waals surface area (Å²) in [4.78, 5) is 19.0. The molecular weight excluding hydrogens is 314 g/mol. The lowest BCUT2D eigenvalue weighted by molar-refractivity contribution is -0.114. The normalized spacial score (nSPS) is 21.4. The van der Waals surface area contributed by atoms with Crippen LogP contribution in [0.5, 0.6) is 0 Å². The van der Waals surface area contributed by atoms with Crippen LogP contribution < -0.4 is 16.0 Å². The maximum absolute atomic E-state index is 12.1. The lowest BCUT2D eigenvalue weighted by Crippen LogP contribution is -2.47. The molecule has 0 spiro atoms. The molecule has 0 aromatic heterocycles. The molecule has 2 atom stereocenters. The number of rotatable bonds is 6. The number of aliphatic imine (C=N–C) groups is 1. The Kier molecular flexibility index (Phi) is 7.25. The molecule has 0 radical (unpaired) electrons. The Morgan fingerprint density at radius 1 is 1.28 bits per heavy atom. The van der Waals surface area contributed by atoms with E-state index in [4.69, 9.17) is 0 Å². The smallest absolute Gasteiger partial charge is 0.246 e. The molecule has 6 nitrogen and oxygen atoms in total. The molecule has 25 heavy (non-hydrogen) atoms. The van der Waals surface area contributed by atoms with Gasteiger partial charge in [0.25, 0.3) is 0 Å². The van der Waals surface area contributed by atoms with Crippen molar-refractivity contribution in [1.29, 1.82) is 0 Å². The average Bonchev–Trinajstić information content (AvgIpc) is 2.95. The summed E-state index contributed by atoms with van der Waals surface area (Å²) in [7, 11) is 0. The Hall–Kier alpha value is -2.08. The van der Waals surface area contributed by atoms with Crippen LogP contribution in [0.15, 0.2) is 35.3 Å². The Morgan fingerprint density at radius 2 is 2.00 bits per heavy atom. The third kappa shape index (κ3) is 6.05. The Bertz CT molecular complexity index is 572. The van der Waals surface area contributed by atoms with Crippen LogP contribution in [0, 0.1) is 5.92 Å². The Balaban J connectivity index is 1.90. The number of benzene rings is 1. The van der Waals surface area contributed by atoms with E-state index < -0.39 is 0 Å². The third-order valence-corrected chi connectivity index (χ3v) is 4.48. The molecule has 1 aromatic carbocycles. The fraction of sp³-hybridized carbons (Fsp3) is 0.579. The number of carbonyl (C=O) groups excluding carboxylic acids is 1. The molecule has 2 unspecified atom stereocenters. The van der Waals surface area contributed by atoms with Gasteiger partial charge in [-0.25, -0.2) is 4.99 Å². The Labute approximate surface area is 151 Å². The van der Waals surface area contributed by atoms with Gasteiger partial charge in [0, 0.05) is 37.4 Å². The van der Waals surface area contributed by atoms with E-state index in [1.54, 1.807) is 0 Å². The number of amides is 1. The van der Waals surface area contributed by atoms with E-state index in [-0.39, 0.29) is 12.5 Å². The van der Waals surface area contributed by atoms with Crippen LogP contribution >= 0.6 is 0 Å². The van der Waals surface area contributed by atoms with Gasteiger partial charge in [0.05, 0.1) is 0 Å². The van der Waals surface area contributed by atoms with E-state index >= 15 is 0 Å². The van der Waals surface area contributed by atoms with Gasteiger partial charge in [-0.2, -0.15) is 0 Å². The zero-order valence-corrected chi connectivity index (χ0v) is 15.7. The highest BCUT2D eigenvalue weighted by Crippen LogP contribution is 2.18. The minimum absolute atomic E-state index is 0.0965. The predicted octanol–water partition coefficient (Wildman–Crippen LogP) is 1.91. The van der Waals surface area contributed by atoms with E-state index in [9.17, 15) is 4.79 Å². The quantitative estimate of drug-likeness (QED) is 0.544. The van der Waals surface area contributed by atoms with Crippen molar-refractivity contribution >= 4 is 17.6 Å². The van der Waals surface area contributed by atoms with Crippen LogP contribution in [0.4, 0.5) is 5.69 Å². The number of nitrogens with one attached hydrogen (secondary N) is 3. The topological polar surface area (TPSA) is 68.8 Å². The van der Waals surface area contributed by atoms with Crippen LogP contribution in [-0.4, -0.2) is 55.0 Å². The molecule has 2 rings (SSSR count). The molecule has 1 aliphatic heterocycles. The van der Waals surface area contributed by atoms with E-state index in [0.29, 0.717) is 24.0 Å². The van der Waals surface area contributed by atoms with Gasteiger partial charge in [0.1, 0.15) is 6.54 Å². The molecule has 3 N–H and O–H groups in total. The van der Waals surface area contributed by atoms with Gasteiger partial charge in [0.2, 0.25) is 5.91 Å². The lowest BCUT2D eigenvalue weighted by Gasteiger charge is -2.21. The minimum Gasteiger partial charge on any atom is -0.357 e. The van der Waals surface area contributed by atoms with Gasteiger partial charge in [-0.1, -0.05) is 25.1 Å². The Morgan fingerprint density at radius 3 is 2.60 bits per heavy atom. The zero-order chi connectivity index (χ0) is 18.2. The first kappa shape index (κ1) is 19.2. The highest BCUT2D eigenvalue weighted by Gasteiger charge is 2.31. The van der Waals surface area contributed by atoms with Crippen molar-refractivity contribution in [3.63, 3.8) is 0 Å². The van der Waals surface area contributed by atoms with Crippen molar-refractivity contribution in [2.24, 2.45) is 10.9 Å². The SMILES string of the molecule is CCNC(=NCC(=O)Nc1ccccc1)NC1CN(C(C)C)CC1C. The van der Waals surface area contributed by atoms with E-state index in [1.165, 1.54) is 0 Å². The van der Waals surface area contributed by atoms with Gasteiger partial charge in [0.15, 0.2) is 5.96 Å². The number of para-hydroxylation sites is 1. The maximum atomic E-state index is 12.1. The number of nitrogens with zero attached hydrogens (tertiary/aromatic N) is 2. The van der Waals surface area contributed by atoms with E-state index in [1.807, 2.05) is 37.3 Å². The summed E-state index contributed by atoms with van der Waals surface area (Å²) >= 11 is 0. The summed E-state index contributed by atoms with van der Waals surface area (Å²) in [5.41, 5.74) is 0.789. The van der Waals surface area contributed by atoms with Gasteiger partial charge in [-0.05, 0) is 38.8 Å². The molecule has 138 valence electrons. The summed E-state index contributed by atoms with van der Waals surface area (Å²) in [6.45, 7) is 11.7. The third-order valence-electron chi connectivity index (χ3n) is 4.48. The maximum Gasteiger partial charge on any atom is 0.246 e. The zero-order valence-electron chi connectivity index (χ0n) is 15.7. The van der Waals surface area contributed by atoms with Gasteiger partial charge in [-0.15, -0.1) is 0 Å². The van der Waals surface area contributed by atoms with Gasteiger partial charge >= 0.3 is 0 Å². The first-order chi connectivity index (χ1) is 12.0. The fourth-order valence-corrected chi connectivity index (χ4v) is 2.98. The van der Waals surface area contributed by atoms with Crippen molar-refractivity contribution in [3.8, 4) is 0 Å². The van der Waals surface area contributed by atoms with Gasteiger partial charge in [-0.3, -0.25) is 9.69 Å². The number of carbonyl (C=O) groups is 1. The second-order valence-electron chi connectivity index (χ2n) is 6.89. The van der Waals surface area contributed by atoms with Crippen LogP contribution in [0.1, 0.15) is 27.7 Å². The fourth-order valence-electron chi connectivity index (χ4n) is 2.98. The molecule has 1 saturated heterocycles. The number of likely N-dealkylation sites (tertiary alicyclic amines) is 1. The molecule has 0 saturated carbocycles. The average molecular weight is 345 g/mol. The molecule has 0 aliphatic carbocycles. The van der Waals surface area contributed by atoms with Crippen LogP contribution in [0.25, 0.3) is 0 Å². The highest BCUT2D eigenvalue weighted by atomic mass is 16.1. The number of hydrogen-bond donors (Lipinski definition) is 3. The molecular formula is C19H31N5O. The molecule has 1 aromatic rings. The first-order valence-electron chi connectivity index (χ1n) is 9.13. The van der Waals surface area contributed by atoms with Crippen molar-refractivity contribution in [2.45, 2.75) is 39.8 Å². The standard InChI is InChI=1S/C19H31N5O/c1-5-20-19(23-17-13-24(14(2)3)12-15(17)4)21-11-18(25)22-16-9-7-6-8-10-16/h6-10,14-15,17H,5,11-13H2,1-4H3,(H,22,25)(H2,20,21,23). The van der Waals surface area contributed by atoms with Crippen molar-refractivity contribution in [2.75, 3.05) is 31.5 Å². The molecule has 1 heterocycles. The molecule has 1 amide bonds. The van der Waals surface area contributed by atoms with E-state index in [0.717, 1.165) is 25.3 Å². The van der Waals surface area contributed by atoms with Crippen LogP contribution in [0.2, 0.25) is 0 Å². The first-order valence-corrected chi connectivity index (χ1v) is 9.13. The van der Waals surface area contributed by atoms with Crippen molar-refractivity contribution in [3.05, 3.63) is 30.3 Å². The summed E-state index contributed by atoms with van der Waals surface area (Å²) in [5, 5.41) is 9.58. The van der Waals surface area contributed by atoms with Crippen LogP contribution in [-0.2, 0) is 4.79 Å². The molecule has 0 bridgehead atoms. The van der Waals surface area contributed by atoms with Crippen LogP contribution in [0.3, 0.4) is 0 Å². The van der Waals surface area contributed by atoms with E-state index in [2.05, 4.69) is 46.6 Å². The number of hydrogen-bond acceptors (Lipinski definition) is 3. The van der Waals surface area contributed by atoms with Crippen molar-refractivity contribution < 1.29 is 4.79 Å². The largest absolute Gasteiger partial charge is 0.357 e. The summed E-state index contributed by atoms with van der Waals surface area (Å²) < 4.78 is 0. The highest BCUT2D eigenvalue weighted by molar-refractivity contribution is 5.94. The predicted molar refractivity (Wildman–Crippen MR) is 104 cm³/mol. The summed E-state index contributed by atoms with van der Waals surface area (Å²) in [6.07, 6.45) is 0. The van der Waals surface area contributed by atoms with Gasteiger partial charge < -0.3 is 16.0 Å². The molecule has 1 aliphatic rings. The summed E-state index contributed by atoms with van der Waals surface area (Å²) in [5.74, 6) is 1.13. The number of anilines is 1. The monoisotopic (exact) mass is 345 g/mol. The molecule has 6 heteroatoms. The van der Waals surface area contributed by atoms with Crippen molar-refractivity contribution in [1.82, 2.24) is 15.5 Å².